The van der Waals surface area contributed by atoms with Gasteiger partial charge in [0.2, 0.25) is 0 Å². The van der Waals surface area contributed by atoms with Crippen LogP contribution in [0.2, 0.25) is 0 Å². The number of ether oxygens (including phenoxy) is 2. The predicted octanol–water partition coefficient (Wildman–Crippen LogP) is 4.61. The van der Waals surface area contributed by atoms with Crippen molar-refractivity contribution in [1.82, 2.24) is 4.90 Å². The number of alkyl halides is 1. The second kappa shape index (κ2) is 7.53. The zero-order chi connectivity index (χ0) is 26.0. The van der Waals surface area contributed by atoms with Crippen LogP contribution in [0.5, 0.6) is 11.5 Å². The number of piperidine rings is 1. The van der Waals surface area contributed by atoms with Gasteiger partial charge < -0.3 is 14.4 Å². The van der Waals surface area contributed by atoms with Crippen LogP contribution in [0.25, 0.3) is 0 Å². The molecule has 2 fully saturated rings. The van der Waals surface area contributed by atoms with Crippen LogP contribution in [-0.2, 0) is 26.1 Å². The number of aryl methyl sites for hydroxylation is 1. The summed E-state index contributed by atoms with van der Waals surface area (Å²) in [5, 5.41) is 0. The minimum Gasteiger partial charge on any atom is -0.493 e. The molecule has 6 aliphatic rings. The molecule has 2 spiro atoms. The lowest BCUT2D eigenvalue weighted by molar-refractivity contribution is -0.138. The van der Waals surface area contributed by atoms with E-state index < -0.39 is 21.1 Å². The summed E-state index contributed by atoms with van der Waals surface area (Å²) < 4.78 is 45.0. The third-order valence-corrected chi connectivity index (χ3v) is 12.1. The zero-order valence-corrected chi connectivity index (χ0v) is 23.1. The van der Waals surface area contributed by atoms with Crippen molar-refractivity contribution >= 4 is 21.7 Å². The van der Waals surface area contributed by atoms with E-state index in [9.17, 15) is 8.42 Å². The van der Waals surface area contributed by atoms with Gasteiger partial charge in [-0.25, -0.2) is 0 Å². The van der Waals surface area contributed by atoms with Gasteiger partial charge in [0.15, 0.2) is 11.5 Å². The maximum absolute atomic E-state index is 13.3. The van der Waals surface area contributed by atoms with E-state index in [2.05, 4.69) is 30.2 Å². The molecule has 2 aliphatic heterocycles. The lowest BCUT2D eigenvalue weighted by Crippen LogP contribution is -2.78. The number of likely N-dealkylation sites (tertiary alicyclic amines) is 1. The molecular weight excluding hydrogens is 510 g/mol. The van der Waals surface area contributed by atoms with Gasteiger partial charge in [-0.1, -0.05) is 35.9 Å². The first kappa shape index (κ1) is 24.0. The summed E-state index contributed by atoms with van der Waals surface area (Å²) in [6, 6.07) is 11.2. The van der Waals surface area contributed by atoms with E-state index in [0.717, 1.165) is 42.9 Å². The Balaban J connectivity index is 1.34. The van der Waals surface area contributed by atoms with Crippen molar-refractivity contribution in [2.45, 2.75) is 66.5 Å². The number of rotatable bonds is 5. The molecule has 4 aliphatic carbocycles. The van der Waals surface area contributed by atoms with Crippen molar-refractivity contribution in [3.63, 3.8) is 0 Å². The third kappa shape index (κ3) is 2.81. The van der Waals surface area contributed by atoms with Gasteiger partial charge in [-0.05, 0) is 70.5 Å². The molecule has 1 saturated heterocycles. The van der Waals surface area contributed by atoms with Gasteiger partial charge in [0, 0.05) is 22.9 Å². The van der Waals surface area contributed by atoms with Crippen molar-refractivity contribution in [2.24, 2.45) is 11.3 Å². The Bertz CT molecular complexity index is 1440. The maximum atomic E-state index is 13.3. The van der Waals surface area contributed by atoms with Gasteiger partial charge in [-0.15, -0.1) is 11.6 Å². The van der Waals surface area contributed by atoms with Crippen LogP contribution in [0.4, 0.5) is 0 Å². The smallest absolute Gasteiger partial charge is 0.297 e. The molecule has 1 saturated carbocycles. The highest BCUT2D eigenvalue weighted by atomic mass is 35.5. The first-order valence-corrected chi connectivity index (χ1v) is 14.8. The van der Waals surface area contributed by atoms with Gasteiger partial charge in [-0.2, -0.15) is 8.42 Å². The van der Waals surface area contributed by atoms with Crippen LogP contribution < -0.4 is 9.47 Å². The van der Waals surface area contributed by atoms with Crippen molar-refractivity contribution in [1.29, 1.82) is 0 Å². The second-order valence-electron chi connectivity index (χ2n) is 11.6. The molecule has 2 aromatic carbocycles. The van der Waals surface area contributed by atoms with Crippen molar-refractivity contribution in [3.8, 4) is 11.5 Å². The molecule has 196 valence electrons. The second-order valence-corrected chi connectivity index (χ2v) is 13.9. The Labute approximate surface area is 223 Å². The Morgan fingerprint density at radius 2 is 1.92 bits per heavy atom. The summed E-state index contributed by atoms with van der Waals surface area (Å²) in [7, 11) is -0.0767. The molecule has 8 rings (SSSR count). The number of methoxy groups -OCH3 is 1. The molecule has 4 bridgehead atoms. The van der Waals surface area contributed by atoms with Crippen LogP contribution >= 0.6 is 11.6 Å². The number of hydrogen-bond acceptors (Lipinski definition) is 6. The molecule has 0 N–H and O–H groups in total. The van der Waals surface area contributed by atoms with Gasteiger partial charge in [0.25, 0.3) is 10.1 Å². The van der Waals surface area contributed by atoms with E-state index in [1.54, 1.807) is 31.4 Å². The Hall–Kier alpha value is -2.06. The molecule has 2 heterocycles. The molecule has 1 unspecified atom stereocenters. The van der Waals surface area contributed by atoms with E-state index in [-0.39, 0.29) is 33.8 Å². The van der Waals surface area contributed by atoms with Gasteiger partial charge >= 0.3 is 0 Å². The Kier molecular flexibility index (Phi) is 4.89. The fourth-order valence-corrected chi connectivity index (χ4v) is 10.1. The van der Waals surface area contributed by atoms with E-state index >= 15 is 0 Å². The number of benzene rings is 2. The van der Waals surface area contributed by atoms with E-state index in [0.29, 0.717) is 0 Å². The minimum atomic E-state index is -3.96. The molecule has 7 atom stereocenters. The quantitative estimate of drug-likeness (QED) is 0.313. The molecule has 6 nitrogen and oxygen atoms in total. The van der Waals surface area contributed by atoms with Crippen molar-refractivity contribution in [2.75, 3.05) is 20.7 Å². The number of fused-ring (bicyclic) bond motifs is 1. The van der Waals surface area contributed by atoms with Crippen molar-refractivity contribution < 1.29 is 22.1 Å². The van der Waals surface area contributed by atoms with Gasteiger partial charge in [0.1, 0.15) is 11.0 Å². The van der Waals surface area contributed by atoms with E-state index in [1.165, 1.54) is 11.1 Å². The van der Waals surface area contributed by atoms with Crippen LogP contribution in [-0.4, -0.2) is 57.1 Å². The summed E-state index contributed by atoms with van der Waals surface area (Å²) in [4.78, 5) is 1.71. The number of halogens is 1. The molecular formula is C29H32ClNO5S. The normalized spacial score (nSPS) is 37.7. The van der Waals surface area contributed by atoms with Gasteiger partial charge in [0.05, 0.1) is 23.5 Å². The number of nitrogens with zero attached hydrogens (tertiary/aromatic N) is 1. The maximum Gasteiger partial charge on any atom is 0.297 e. The minimum absolute atomic E-state index is 0.160. The van der Waals surface area contributed by atoms with Crippen LogP contribution in [0.15, 0.2) is 53.4 Å². The largest absolute Gasteiger partial charge is 0.493 e. The average Bonchev–Trinajstić information content (AvgIpc) is 3.24. The Morgan fingerprint density at radius 1 is 1.16 bits per heavy atom. The molecule has 37 heavy (non-hydrogen) atoms. The Morgan fingerprint density at radius 3 is 2.65 bits per heavy atom. The monoisotopic (exact) mass is 541 g/mol. The summed E-state index contributed by atoms with van der Waals surface area (Å²) in [6.07, 6.45) is 6.05. The van der Waals surface area contributed by atoms with Crippen LogP contribution in [0.3, 0.4) is 0 Å². The molecule has 0 radical (unpaired) electrons. The number of hydrogen-bond donors (Lipinski definition) is 0. The fourth-order valence-electron chi connectivity index (χ4n) is 8.47. The standard InChI is InChI=1S/C29H32ClNO5S/c1-17-5-8-20(9-6-17)37(32,33)36-18(2)21-16-27-11-12-29(21,30)26-28(27)13-14-31(3)23(27)15-19-7-10-22(34-4)25(35-26)24(19)28/h5-12,18,21,23,26H,13-16H2,1-4H3/t18-,21?,23+,26+,27+,28-,29+/m0/s1. The fraction of sp³-hybridized carbons (Fsp3) is 0.517. The highest BCUT2D eigenvalue weighted by molar-refractivity contribution is 7.86. The lowest BCUT2D eigenvalue weighted by Gasteiger charge is -2.70. The first-order valence-electron chi connectivity index (χ1n) is 13.0. The summed E-state index contributed by atoms with van der Waals surface area (Å²) in [6.45, 7) is 4.73. The molecule has 8 heteroatoms. The zero-order valence-electron chi connectivity index (χ0n) is 21.5. The van der Waals surface area contributed by atoms with Crippen LogP contribution in [0.1, 0.15) is 36.5 Å². The van der Waals surface area contributed by atoms with E-state index in [1.807, 2.05) is 19.9 Å². The highest BCUT2D eigenvalue weighted by Gasteiger charge is 2.78. The van der Waals surface area contributed by atoms with Crippen LogP contribution in [0, 0.1) is 18.3 Å². The lowest BCUT2D eigenvalue weighted by atomic mass is 9.37. The highest BCUT2D eigenvalue weighted by Crippen LogP contribution is 2.75. The summed E-state index contributed by atoms with van der Waals surface area (Å²) in [5.41, 5.74) is 3.05. The average molecular weight is 542 g/mol. The molecule has 0 amide bonds. The topological polar surface area (TPSA) is 65.1 Å². The van der Waals surface area contributed by atoms with Crippen molar-refractivity contribution in [3.05, 3.63) is 65.2 Å². The third-order valence-electron chi connectivity index (χ3n) is 10.1. The predicted molar refractivity (Wildman–Crippen MR) is 141 cm³/mol. The number of likely N-dealkylation sites (N-methyl/N-ethyl adjacent to an activating group) is 1. The van der Waals surface area contributed by atoms with E-state index in [4.69, 9.17) is 25.3 Å². The first-order chi connectivity index (χ1) is 17.6. The van der Waals surface area contributed by atoms with Gasteiger partial charge in [-0.3, -0.25) is 4.18 Å². The summed E-state index contributed by atoms with van der Waals surface area (Å²) in [5.74, 6) is 1.29. The molecule has 0 aromatic heterocycles. The summed E-state index contributed by atoms with van der Waals surface area (Å²) >= 11 is 7.61. The molecule has 2 aromatic rings. The SMILES string of the molecule is COc1ccc2c3c1O[C@H]1[C@@]4(Cl)C=C[C@@]5(CC4[C@H](C)OS(=O)(=O)c4ccc(C)cc4)[C@@H](C2)N(C)CC[C@]315.